The first-order valence-electron chi connectivity index (χ1n) is 8.89. The Morgan fingerprint density at radius 3 is 2.96 bits per heavy atom. The zero-order chi connectivity index (χ0) is 18.8. The third kappa shape index (κ3) is 3.72. The molecule has 0 saturated carbocycles. The van der Waals surface area contributed by atoms with Gasteiger partial charge in [-0.25, -0.2) is 4.68 Å². The summed E-state index contributed by atoms with van der Waals surface area (Å²) in [6, 6.07) is 13.6. The van der Waals surface area contributed by atoms with Crippen molar-refractivity contribution in [2.75, 3.05) is 11.9 Å². The standard InChI is InChI=1S/C20H20ClN5O/c1-13-19(24-25-26(13)12-16-4-2-3-5-18(16)21)20(27)23-17-7-6-15-11-22-9-8-14(15)10-17/h2-7,10,22H,8-9,11-12H2,1H3,(H,23,27). The lowest BCUT2D eigenvalue weighted by Crippen LogP contribution is -2.23. The van der Waals surface area contributed by atoms with E-state index in [0.29, 0.717) is 23.0 Å². The first-order valence-corrected chi connectivity index (χ1v) is 9.27. The van der Waals surface area contributed by atoms with Crippen molar-refractivity contribution >= 4 is 23.2 Å². The topological polar surface area (TPSA) is 71.8 Å². The number of carbonyl (C=O) groups is 1. The minimum Gasteiger partial charge on any atom is -0.321 e. The van der Waals surface area contributed by atoms with Crippen LogP contribution in [0.4, 0.5) is 5.69 Å². The van der Waals surface area contributed by atoms with E-state index in [9.17, 15) is 4.79 Å². The molecule has 0 spiro atoms. The monoisotopic (exact) mass is 381 g/mol. The van der Waals surface area contributed by atoms with E-state index in [1.165, 1.54) is 11.1 Å². The number of carbonyl (C=O) groups excluding carboxylic acids is 1. The van der Waals surface area contributed by atoms with Crippen molar-refractivity contribution in [3.63, 3.8) is 0 Å². The van der Waals surface area contributed by atoms with Gasteiger partial charge in [0.25, 0.3) is 5.91 Å². The zero-order valence-corrected chi connectivity index (χ0v) is 15.8. The molecular formula is C20H20ClN5O. The van der Waals surface area contributed by atoms with Crippen LogP contribution in [0.25, 0.3) is 0 Å². The molecule has 7 heteroatoms. The van der Waals surface area contributed by atoms with E-state index >= 15 is 0 Å². The summed E-state index contributed by atoms with van der Waals surface area (Å²) >= 11 is 6.22. The Morgan fingerprint density at radius 2 is 2.11 bits per heavy atom. The maximum Gasteiger partial charge on any atom is 0.278 e. The van der Waals surface area contributed by atoms with Crippen LogP contribution in [0.5, 0.6) is 0 Å². The molecular weight excluding hydrogens is 362 g/mol. The van der Waals surface area contributed by atoms with Crippen LogP contribution in [0.15, 0.2) is 42.5 Å². The lowest BCUT2D eigenvalue weighted by molar-refractivity contribution is 0.102. The van der Waals surface area contributed by atoms with E-state index in [4.69, 9.17) is 11.6 Å². The molecule has 2 heterocycles. The number of nitrogens with zero attached hydrogens (tertiary/aromatic N) is 3. The average molecular weight is 382 g/mol. The van der Waals surface area contributed by atoms with Gasteiger partial charge in [0.2, 0.25) is 0 Å². The van der Waals surface area contributed by atoms with Gasteiger partial charge in [-0.1, -0.05) is 41.1 Å². The highest BCUT2D eigenvalue weighted by Gasteiger charge is 2.18. The number of hydrogen-bond donors (Lipinski definition) is 2. The summed E-state index contributed by atoms with van der Waals surface area (Å²) < 4.78 is 1.69. The van der Waals surface area contributed by atoms with Crippen molar-refractivity contribution in [1.29, 1.82) is 0 Å². The average Bonchev–Trinajstić information content (AvgIpc) is 3.04. The lowest BCUT2D eigenvalue weighted by atomic mass is 10.0. The van der Waals surface area contributed by atoms with Crippen molar-refractivity contribution in [3.05, 3.63) is 75.6 Å². The van der Waals surface area contributed by atoms with Crippen molar-refractivity contribution < 1.29 is 4.79 Å². The fourth-order valence-electron chi connectivity index (χ4n) is 3.25. The second kappa shape index (κ2) is 7.50. The molecule has 27 heavy (non-hydrogen) atoms. The molecule has 1 amide bonds. The maximum atomic E-state index is 12.7. The van der Waals surface area contributed by atoms with Gasteiger partial charge in [-0.05, 0) is 54.8 Å². The van der Waals surface area contributed by atoms with Crippen molar-refractivity contribution in [1.82, 2.24) is 20.3 Å². The van der Waals surface area contributed by atoms with E-state index in [2.05, 4.69) is 27.0 Å². The van der Waals surface area contributed by atoms with Crippen LogP contribution in [-0.2, 0) is 19.5 Å². The quantitative estimate of drug-likeness (QED) is 0.728. The van der Waals surface area contributed by atoms with E-state index in [0.717, 1.165) is 30.8 Å². The SMILES string of the molecule is Cc1c(C(=O)Nc2ccc3c(c2)CCNC3)nnn1Cc1ccccc1Cl. The van der Waals surface area contributed by atoms with Crippen molar-refractivity contribution in [2.45, 2.75) is 26.4 Å². The molecule has 0 unspecified atom stereocenters. The third-order valence-corrected chi connectivity index (χ3v) is 5.20. The summed E-state index contributed by atoms with van der Waals surface area (Å²) in [6.07, 6.45) is 0.964. The molecule has 1 aliphatic rings. The van der Waals surface area contributed by atoms with Crippen molar-refractivity contribution in [3.8, 4) is 0 Å². The minimum absolute atomic E-state index is 0.258. The van der Waals surface area contributed by atoms with E-state index < -0.39 is 0 Å². The largest absolute Gasteiger partial charge is 0.321 e. The van der Waals surface area contributed by atoms with Crippen LogP contribution in [-0.4, -0.2) is 27.4 Å². The molecule has 0 saturated heterocycles. The Bertz CT molecular complexity index is 998. The number of amides is 1. The van der Waals surface area contributed by atoms with Crippen LogP contribution < -0.4 is 10.6 Å². The van der Waals surface area contributed by atoms with Gasteiger partial charge in [-0.15, -0.1) is 5.10 Å². The van der Waals surface area contributed by atoms with E-state index in [1.807, 2.05) is 43.3 Å². The van der Waals surface area contributed by atoms with Crippen LogP contribution in [0, 0.1) is 6.92 Å². The zero-order valence-electron chi connectivity index (χ0n) is 15.0. The summed E-state index contributed by atoms with van der Waals surface area (Å²) in [7, 11) is 0. The molecule has 0 fully saturated rings. The van der Waals surface area contributed by atoms with Crippen LogP contribution in [0.1, 0.15) is 32.9 Å². The van der Waals surface area contributed by atoms with Gasteiger partial charge >= 0.3 is 0 Å². The van der Waals surface area contributed by atoms with Gasteiger partial charge in [0.15, 0.2) is 5.69 Å². The minimum atomic E-state index is -0.258. The Kier molecular flexibility index (Phi) is 4.92. The summed E-state index contributed by atoms with van der Waals surface area (Å²) in [6.45, 7) is 4.14. The van der Waals surface area contributed by atoms with E-state index in [1.54, 1.807) is 4.68 Å². The molecule has 3 aromatic rings. The van der Waals surface area contributed by atoms with Gasteiger partial charge in [-0.2, -0.15) is 0 Å². The van der Waals surface area contributed by atoms with Crippen molar-refractivity contribution in [2.24, 2.45) is 0 Å². The molecule has 0 atom stereocenters. The van der Waals surface area contributed by atoms with Crippen LogP contribution in [0.3, 0.4) is 0 Å². The normalized spacial score (nSPS) is 13.3. The molecule has 2 N–H and O–H groups in total. The number of aromatic nitrogens is 3. The highest BCUT2D eigenvalue weighted by atomic mass is 35.5. The van der Waals surface area contributed by atoms with Gasteiger partial charge < -0.3 is 10.6 Å². The van der Waals surface area contributed by atoms with Gasteiger partial charge in [0.1, 0.15) is 0 Å². The number of benzene rings is 2. The Labute approximate surface area is 162 Å². The fraction of sp³-hybridized carbons (Fsp3) is 0.250. The van der Waals surface area contributed by atoms with Gasteiger partial charge in [0, 0.05) is 17.3 Å². The van der Waals surface area contributed by atoms with Crippen LogP contribution >= 0.6 is 11.6 Å². The number of anilines is 1. The summed E-state index contributed by atoms with van der Waals surface area (Å²) in [4.78, 5) is 12.7. The molecule has 0 radical (unpaired) electrons. The fourth-order valence-corrected chi connectivity index (χ4v) is 3.45. The third-order valence-electron chi connectivity index (χ3n) is 4.83. The number of fused-ring (bicyclic) bond motifs is 1. The first kappa shape index (κ1) is 17.7. The Hall–Kier alpha value is -2.70. The second-order valence-electron chi connectivity index (χ2n) is 6.64. The molecule has 0 bridgehead atoms. The first-order chi connectivity index (χ1) is 13.1. The second-order valence-corrected chi connectivity index (χ2v) is 7.04. The smallest absolute Gasteiger partial charge is 0.278 e. The highest BCUT2D eigenvalue weighted by Crippen LogP contribution is 2.20. The molecule has 1 aromatic heterocycles. The van der Waals surface area contributed by atoms with Gasteiger partial charge in [-0.3, -0.25) is 4.79 Å². The number of rotatable bonds is 4. The molecule has 6 nitrogen and oxygen atoms in total. The number of hydrogen-bond acceptors (Lipinski definition) is 4. The Balaban J connectivity index is 1.51. The predicted octanol–water partition coefficient (Wildman–Crippen LogP) is 3.19. The Morgan fingerprint density at radius 1 is 1.26 bits per heavy atom. The summed E-state index contributed by atoms with van der Waals surface area (Å²) in [5.74, 6) is -0.258. The molecule has 2 aromatic carbocycles. The van der Waals surface area contributed by atoms with E-state index in [-0.39, 0.29) is 5.91 Å². The summed E-state index contributed by atoms with van der Waals surface area (Å²) in [5, 5.41) is 15.1. The molecule has 138 valence electrons. The predicted molar refractivity (Wildman–Crippen MR) is 105 cm³/mol. The maximum absolute atomic E-state index is 12.7. The number of halogens is 1. The lowest BCUT2D eigenvalue weighted by Gasteiger charge is -2.18. The molecule has 4 rings (SSSR count). The van der Waals surface area contributed by atoms with Gasteiger partial charge in [0.05, 0.1) is 12.2 Å². The molecule has 0 aliphatic carbocycles. The molecule has 1 aliphatic heterocycles. The van der Waals surface area contributed by atoms with Crippen LogP contribution in [0.2, 0.25) is 5.02 Å². The number of nitrogens with one attached hydrogen (secondary N) is 2. The highest BCUT2D eigenvalue weighted by molar-refractivity contribution is 6.31. The summed E-state index contributed by atoms with van der Waals surface area (Å²) in [5.41, 5.74) is 5.28.